The highest BCUT2D eigenvalue weighted by Gasteiger charge is 1.91. The van der Waals surface area contributed by atoms with E-state index >= 15 is 0 Å². The number of rotatable bonds is 5. The highest BCUT2D eigenvalue weighted by molar-refractivity contribution is 6.73. The summed E-state index contributed by atoms with van der Waals surface area (Å²) in [5, 5.41) is 0. The van der Waals surface area contributed by atoms with Crippen LogP contribution in [0.5, 0.6) is 0 Å². The third kappa shape index (κ3) is 4.15. The molecular weight excluding hydrogens is 140 g/mol. The second-order valence-corrected chi connectivity index (χ2v) is 4.32. The van der Waals surface area contributed by atoms with E-state index in [1.54, 1.807) is 6.26 Å². The molecule has 10 heavy (non-hydrogen) atoms. The summed E-state index contributed by atoms with van der Waals surface area (Å²) in [6, 6.07) is 0. The number of hydrogen-bond donors (Lipinski definition) is 0. The Hall–Kier alpha value is -0.763. The molecule has 0 heterocycles. The normalized spacial score (nSPS) is 10.2. The van der Waals surface area contributed by atoms with Crippen LogP contribution in [0.25, 0.3) is 0 Å². The summed E-state index contributed by atoms with van der Waals surface area (Å²) in [6.45, 7) is 10.1. The fourth-order valence-corrected chi connectivity index (χ4v) is 1.30. The predicted octanol–water partition coefficient (Wildman–Crippen LogP) is 1.75. The Morgan fingerprint density at radius 3 is 2.40 bits per heavy atom. The lowest BCUT2D eigenvalue weighted by atomic mass is 10.9. The summed E-state index contributed by atoms with van der Waals surface area (Å²) >= 11 is 0. The fraction of sp³-hybridized carbons (Fsp3) is 0.250. The molecule has 0 aliphatic heterocycles. The highest BCUT2D eigenvalue weighted by atomic mass is 28.3. The molecule has 0 saturated carbocycles. The molecule has 0 aromatic rings. The summed E-state index contributed by atoms with van der Waals surface area (Å²) in [6.07, 6.45) is 1.74. The van der Waals surface area contributed by atoms with Crippen molar-refractivity contribution in [2.24, 2.45) is 0 Å². The molecule has 0 amide bonds. The van der Waals surface area contributed by atoms with Crippen molar-refractivity contribution in [3.8, 4) is 0 Å². The first kappa shape index (κ1) is 9.24. The summed E-state index contributed by atoms with van der Waals surface area (Å²) in [7, 11) is -1.00. The van der Waals surface area contributed by atoms with Gasteiger partial charge in [0.05, 0.1) is 12.9 Å². The van der Waals surface area contributed by atoms with E-state index in [-0.39, 0.29) is 0 Å². The van der Waals surface area contributed by atoms with Gasteiger partial charge in [-0.3, -0.25) is 0 Å². The molecule has 0 radical (unpaired) electrons. The van der Waals surface area contributed by atoms with E-state index in [9.17, 15) is 0 Å². The minimum Gasteiger partial charge on any atom is -0.502 e. The first-order valence-corrected chi connectivity index (χ1v) is 5.38. The first-order valence-electron chi connectivity index (χ1n) is 3.38. The SMILES string of the molecule is C=C[SiH](C=C)C=COCC. The molecule has 0 N–H and O–H groups in total. The molecule has 0 aliphatic rings. The fourth-order valence-electron chi connectivity index (χ4n) is 0.496. The van der Waals surface area contributed by atoms with Crippen molar-refractivity contribution in [2.45, 2.75) is 6.92 Å². The maximum atomic E-state index is 5.03. The zero-order chi connectivity index (χ0) is 7.82. The predicted molar refractivity (Wildman–Crippen MR) is 48.3 cm³/mol. The molecule has 0 rings (SSSR count). The van der Waals surface area contributed by atoms with Gasteiger partial charge in [-0.05, 0) is 6.92 Å². The van der Waals surface area contributed by atoms with Gasteiger partial charge in [-0.2, -0.15) is 0 Å². The summed E-state index contributed by atoms with van der Waals surface area (Å²) in [5.41, 5.74) is 5.94. The first-order chi connectivity index (χ1) is 4.85. The molecule has 0 aromatic heterocycles. The van der Waals surface area contributed by atoms with Gasteiger partial charge < -0.3 is 4.74 Å². The van der Waals surface area contributed by atoms with Crippen LogP contribution in [0.4, 0.5) is 0 Å². The molecule has 1 nitrogen and oxygen atoms in total. The minimum atomic E-state index is -1.00. The van der Waals surface area contributed by atoms with Gasteiger partial charge in [0, 0.05) is 0 Å². The Morgan fingerprint density at radius 1 is 1.40 bits per heavy atom. The molecule has 0 bridgehead atoms. The van der Waals surface area contributed by atoms with Crippen LogP contribution >= 0.6 is 0 Å². The molecule has 2 heteroatoms. The molecule has 0 aliphatic carbocycles. The van der Waals surface area contributed by atoms with Crippen LogP contribution in [0.1, 0.15) is 6.92 Å². The zero-order valence-corrected chi connectivity index (χ0v) is 7.57. The van der Waals surface area contributed by atoms with Gasteiger partial charge >= 0.3 is 0 Å². The topological polar surface area (TPSA) is 9.23 Å². The Bertz CT molecular complexity index is 121. The maximum Gasteiger partial charge on any atom is 0.112 e. The standard InChI is InChI=1S/C8H14OSi/c1-4-9-7-8-10(5-2)6-3/h5-8,10H,2-4H2,1H3. The Morgan fingerprint density at radius 2 is 2.00 bits per heavy atom. The van der Waals surface area contributed by atoms with E-state index in [1.165, 1.54) is 0 Å². The van der Waals surface area contributed by atoms with Crippen LogP contribution in [-0.2, 0) is 4.74 Å². The number of hydrogen-bond acceptors (Lipinski definition) is 1. The molecule has 0 saturated heterocycles. The zero-order valence-electron chi connectivity index (χ0n) is 6.42. The van der Waals surface area contributed by atoms with Crippen LogP contribution in [0.3, 0.4) is 0 Å². The highest BCUT2D eigenvalue weighted by Crippen LogP contribution is 1.88. The monoisotopic (exact) mass is 154 g/mol. The van der Waals surface area contributed by atoms with Crippen molar-refractivity contribution >= 4 is 8.80 Å². The van der Waals surface area contributed by atoms with E-state index in [4.69, 9.17) is 4.74 Å². The van der Waals surface area contributed by atoms with Crippen molar-refractivity contribution in [3.05, 3.63) is 36.5 Å². The molecule has 0 atom stereocenters. The van der Waals surface area contributed by atoms with Crippen LogP contribution in [0, 0.1) is 0 Å². The second-order valence-electron chi connectivity index (χ2n) is 1.83. The van der Waals surface area contributed by atoms with Crippen molar-refractivity contribution in [2.75, 3.05) is 6.61 Å². The van der Waals surface area contributed by atoms with Crippen LogP contribution in [-0.4, -0.2) is 15.4 Å². The molecule has 56 valence electrons. The van der Waals surface area contributed by atoms with Crippen molar-refractivity contribution in [3.63, 3.8) is 0 Å². The van der Waals surface area contributed by atoms with Crippen molar-refractivity contribution in [1.82, 2.24) is 0 Å². The lowest BCUT2D eigenvalue weighted by Crippen LogP contribution is -1.99. The number of ether oxygens (including phenoxy) is 1. The van der Waals surface area contributed by atoms with Crippen molar-refractivity contribution in [1.29, 1.82) is 0 Å². The van der Waals surface area contributed by atoms with Gasteiger partial charge in [-0.25, -0.2) is 0 Å². The van der Waals surface area contributed by atoms with Gasteiger partial charge in [0.1, 0.15) is 8.80 Å². The van der Waals surface area contributed by atoms with Gasteiger partial charge in [0.2, 0.25) is 0 Å². The third-order valence-corrected chi connectivity index (χ3v) is 2.80. The average molecular weight is 154 g/mol. The smallest absolute Gasteiger partial charge is 0.112 e. The summed E-state index contributed by atoms with van der Waals surface area (Å²) in [5.74, 6) is 0. The van der Waals surface area contributed by atoms with Gasteiger partial charge in [-0.15, -0.1) is 13.2 Å². The molecular formula is C8H14OSi. The Kier molecular flexibility index (Phi) is 5.87. The quantitative estimate of drug-likeness (QED) is 0.433. The Balaban J connectivity index is 3.60. The molecule has 0 aromatic carbocycles. The van der Waals surface area contributed by atoms with E-state index in [0.717, 1.165) is 6.61 Å². The average Bonchev–Trinajstić information content (AvgIpc) is 1.99. The molecule has 0 fully saturated rings. The molecule has 0 spiro atoms. The summed E-state index contributed by atoms with van der Waals surface area (Å²) in [4.78, 5) is 0. The van der Waals surface area contributed by atoms with Crippen LogP contribution < -0.4 is 0 Å². The maximum absolute atomic E-state index is 5.03. The van der Waals surface area contributed by atoms with E-state index in [2.05, 4.69) is 13.2 Å². The third-order valence-electron chi connectivity index (χ3n) is 1.11. The van der Waals surface area contributed by atoms with E-state index in [0.29, 0.717) is 0 Å². The largest absolute Gasteiger partial charge is 0.502 e. The van der Waals surface area contributed by atoms with E-state index in [1.807, 2.05) is 24.0 Å². The Labute approximate surface area is 64.3 Å². The molecule has 0 unspecified atom stereocenters. The van der Waals surface area contributed by atoms with Crippen molar-refractivity contribution < 1.29 is 4.74 Å². The van der Waals surface area contributed by atoms with E-state index < -0.39 is 8.80 Å². The second kappa shape index (κ2) is 6.36. The minimum absolute atomic E-state index is 0.728. The lowest BCUT2D eigenvalue weighted by Gasteiger charge is -1.95. The van der Waals surface area contributed by atoms with Gasteiger partial charge in [0.15, 0.2) is 0 Å². The van der Waals surface area contributed by atoms with Gasteiger partial charge in [-0.1, -0.05) is 17.1 Å². The van der Waals surface area contributed by atoms with Gasteiger partial charge in [0.25, 0.3) is 0 Å². The lowest BCUT2D eigenvalue weighted by molar-refractivity contribution is 0.270. The van der Waals surface area contributed by atoms with Crippen LogP contribution in [0.15, 0.2) is 36.5 Å². The summed E-state index contributed by atoms with van der Waals surface area (Å²) < 4.78 is 5.03. The van der Waals surface area contributed by atoms with Crippen LogP contribution in [0.2, 0.25) is 0 Å².